The maximum absolute atomic E-state index is 12.3. The Kier molecular flexibility index (Phi) is 9.62. The number of benzene rings is 3. The number of carbonyl (C=O) groups is 1. The van der Waals surface area contributed by atoms with E-state index in [1.54, 1.807) is 7.11 Å². The van der Waals surface area contributed by atoms with Crippen LogP contribution in [0.4, 0.5) is 5.69 Å². The topological polar surface area (TPSA) is 68.8 Å². The lowest BCUT2D eigenvalue weighted by molar-refractivity contribution is -0.118. The SMILES string of the molecule is CCOc1cc(CNCCc2ccc(OC)cc2)cc(Cl)c1OCC(=O)Nc1ccc(C)cc1. The van der Waals surface area contributed by atoms with Crippen LogP contribution in [0, 0.1) is 6.92 Å². The summed E-state index contributed by atoms with van der Waals surface area (Å²) in [7, 11) is 1.66. The number of hydrogen-bond donors (Lipinski definition) is 2. The van der Waals surface area contributed by atoms with Crippen LogP contribution < -0.4 is 24.8 Å². The molecule has 0 aliphatic rings. The Morgan fingerprint density at radius 2 is 1.71 bits per heavy atom. The minimum atomic E-state index is -0.272. The summed E-state index contributed by atoms with van der Waals surface area (Å²) >= 11 is 6.49. The molecule has 0 spiro atoms. The fraction of sp³-hybridized carbons (Fsp3) is 0.296. The summed E-state index contributed by atoms with van der Waals surface area (Å²) in [5, 5.41) is 6.64. The van der Waals surface area contributed by atoms with Gasteiger partial charge in [-0.2, -0.15) is 0 Å². The van der Waals surface area contributed by atoms with Gasteiger partial charge in [0, 0.05) is 12.2 Å². The van der Waals surface area contributed by atoms with Crippen molar-refractivity contribution in [1.82, 2.24) is 5.32 Å². The Bertz CT molecular complexity index is 1070. The molecule has 6 nitrogen and oxygen atoms in total. The van der Waals surface area contributed by atoms with Crippen LogP contribution in [0.25, 0.3) is 0 Å². The molecule has 0 heterocycles. The lowest BCUT2D eigenvalue weighted by Gasteiger charge is -2.15. The van der Waals surface area contributed by atoms with Gasteiger partial charge in [-0.3, -0.25) is 4.79 Å². The number of carbonyl (C=O) groups excluding carboxylic acids is 1. The molecule has 0 bridgehead atoms. The number of halogens is 1. The Labute approximate surface area is 206 Å². The molecule has 34 heavy (non-hydrogen) atoms. The molecular weight excluding hydrogens is 452 g/mol. The normalized spacial score (nSPS) is 10.6. The average Bonchev–Trinajstić information content (AvgIpc) is 2.83. The zero-order chi connectivity index (χ0) is 24.3. The van der Waals surface area contributed by atoms with Gasteiger partial charge in [-0.25, -0.2) is 0 Å². The number of aryl methyl sites for hydroxylation is 1. The molecule has 7 heteroatoms. The zero-order valence-corrected chi connectivity index (χ0v) is 20.6. The van der Waals surface area contributed by atoms with Crippen molar-refractivity contribution in [1.29, 1.82) is 0 Å². The van der Waals surface area contributed by atoms with E-state index in [0.29, 0.717) is 35.4 Å². The van der Waals surface area contributed by atoms with Crippen LogP contribution in [-0.4, -0.2) is 32.8 Å². The summed E-state index contributed by atoms with van der Waals surface area (Å²) in [6.45, 7) is 5.60. The van der Waals surface area contributed by atoms with Crippen molar-refractivity contribution in [3.8, 4) is 17.2 Å². The molecule has 0 unspecified atom stereocenters. The number of nitrogens with one attached hydrogen (secondary N) is 2. The van der Waals surface area contributed by atoms with Crippen LogP contribution in [0.15, 0.2) is 60.7 Å². The smallest absolute Gasteiger partial charge is 0.262 e. The third-order valence-electron chi connectivity index (χ3n) is 5.13. The van der Waals surface area contributed by atoms with Crippen molar-refractivity contribution in [2.45, 2.75) is 26.8 Å². The molecule has 3 aromatic rings. The highest BCUT2D eigenvalue weighted by Gasteiger charge is 2.14. The lowest BCUT2D eigenvalue weighted by Crippen LogP contribution is -2.20. The number of anilines is 1. The Morgan fingerprint density at radius 3 is 2.38 bits per heavy atom. The van der Waals surface area contributed by atoms with E-state index in [2.05, 4.69) is 22.8 Å². The van der Waals surface area contributed by atoms with Gasteiger partial charge in [-0.1, -0.05) is 41.4 Å². The molecular formula is C27H31ClN2O4. The summed E-state index contributed by atoms with van der Waals surface area (Å²) in [5.41, 5.74) is 4.04. The first-order valence-corrected chi connectivity index (χ1v) is 11.6. The Hall–Kier alpha value is -3.22. The molecule has 0 saturated heterocycles. The third kappa shape index (κ3) is 7.68. The summed E-state index contributed by atoms with van der Waals surface area (Å²) in [4.78, 5) is 12.3. The molecule has 3 aromatic carbocycles. The van der Waals surface area contributed by atoms with E-state index in [1.165, 1.54) is 5.56 Å². The van der Waals surface area contributed by atoms with E-state index in [0.717, 1.165) is 29.8 Å². The second kappa shape index (κ2) is 12.9. The summed E-state index contributed by atoms with van der Waals surface area (Å²) in [6.07, 6.45) is 0.896. The van der Waals surface area contributed by atoms with Crippen molar-refractivity contribution in [2.75, 3.05) is 32.2 Å². The van der Waals surface area contributed by atoms with Gasteiger partial charge < -0.3 is 24.8 Å². The van der Waals surface area contributed by atoms with E-state index in [4.69, 9.17) is 25.8 Å². The van der Waals surface area contributed by atoms with Crippen molar-refractivity contribution < 1.29 is 19.0 Å². The van der Waals surface area contributed by atoms with Crippen molar-refractivity contribution >= 4 is 23.2 Å². The van der Waals surface area contributed by atoms with Gasteiger partial charge in [0.05, 0.1) is 18.7 Å². The van der Waals surface area contributed by atoms with Gasteiger partial charge in [0.2, 0.25) is 0 Å². The van der Waals surface area contributed by atoms with Crippen molar-refractivity contribution in [2.24, 2.45) is 0 Å². The lowest BCUT2D eigenvalue weighted by atomic mass is 10.1. The molecule has 180 valence electrons. The van der Waals surface area contributed by atoms with Gasteiger partial charge in [0.1, 0.15) is 5.75 Å². The van der Waals surface area contributed by atoms with Gasteiger partial charge >= 0.3 is 0 Å². The van der Waals surface area contributed by atoms with E-state index < -0.39 is 0 Å². The number of rotatable bonds is 12. The molecule has 0 saturated carbocycles. The minimum absolute atomic E-state index is 0.173. The first-order valence-electron chi connectivity index (χ1n) is 11.3. The number of hydrogen-bond acceptors (Lipinski definition) is 5. The van der Waals surface area contributed by atoms with Crippen LogP contribution in [0.5, 0.6) is 17.2 Å². The summed E-state index contributed by atoms with van der Waals surface area (Å²) < 4.78 is 16.7. The molecule has 0 radical (unpaired) electrons. The average molecular weight is 483 g/mol. The number of amides is 1. The Morgan fingerprint density at radius 1 is 0.971 bits per heavy atom. The maximum atomic E-state index is 12.3. The molecule has 0 aromatic heterocycles. The van der Waals surface area contributed by atoms with Crippen molar-refractivity contribution in [3.05, 3.63) is 82.4 Å². The predicted molar refractivity (Wildman–Crippen MR) is 136 cm³/mol. The molecule has 3 rings (SSSR count). The predicted octanol–water partition coefficient (Wildman–Crippen LogP) is 5.41. The fourth-order valence-electron chi connectivity index (χ4n) is 3.36. The van der Waals surface area contributed by atoms with E-state index >= 15 is 0 Å². The quantitative estimate of drug-likeness (QED) is 0.338. The van der Waals surface area contributed by atoms with Gasteiger partial charge in [0.15, 0.2) is 18.1 Å². The highest BCUT2D eigenvalue weighted by molar-refractivity contribution is 6.32. The van der Waals surface area contributed by atoms with Crippen LogP contribution in [0.2, 0.25) is 5.02 Å². The second-order valence-electron chi connectivity index (χ2n) is 7.82. The van der Waals surface area contributed by atoms with Gasteiger partial charge in [-0.05, 0) is 74.3 Å². The fourth-order valence-corrected chi connectivity index (χ4v) is 3.64. The van der Waals surface area contributed by atoms with Crippen molar-refractivity contribution in [3.63, 3.8) is 0 Å². The van der Waals surface area contributed by atoms with Gasteiger partial charge in [-0.15, -0.1) is 0 Å². The maximum Gasteiger partial charge on any atom is 0.262 e. The van der Waals surface area contributed by atoms with Crippen LogP contribution >= 0.6 is 11.6 Å². The monoisotopic (exact) mass is 482 g/mol. The molecule has 0 atom stereocenters. The van der Waals surface area contributed by atoms with E-state index in [1.807, 2.05) is 62.4 Å². The van der Waals surface area contributed by atoms with Crippen LogP contribution in [0.3, 0.4) is 0 Å². The third-order valence-corrected chi connectivity index (χ3v) is 5.41. The second-order valence-corrected chi connectivity index (χ2v) is 8.22. The van der Waals surface area contributed by atoms with Crippen LogP contribution in [0.1, 0.15) is 23.6 Å². The molecule has 0 aliphatic heterocycles. The molecule has 2 N–H and O–H groups in total. The summed E-state index contributed by atoms with van der Waals surface area (Å²) in [5.74, 6) is 1.46. The first-order chi connectivity index (χ1) is 16.5. The zero-order valence-electron chi connectivity index (χ0n) is 19.8. The standard InChI is InChI=1S/C27H31ClN2O4/c1-4-33-25-16-21(17-29-14-13-20-7-11-23(32-3)12-8-20)15-24(28)27(25)34-18-26(31)30-22-9-5-19(2)6-10-22/h5-12,15-16,29H,4,13-14,17-18H2,1-3H3,(H,30,31). The van der Waals surface area contributed by atoms with Gasteiger partial charge in [0.25, 0.3) is 5.91 Å². The molecule has 0 fully saturated rings. The largest absolute Gasteiger partial charge is 0.497 e. The first kappa shape index (κ1) is 25.4. The van der Waals surface area contributed by atoms with E-state index in [-0.39, 0.29) is 12.5 Å². The number of ether oxygens (including phenoxy) is 3. The molecule has 1 amide bonds. The number of methoxy groups -OCH3 is 1. The minimum Gasteiger partial charge on any atom is -0.497 e. The highest BCUT2D eigenvalue weighted by atomic mass is 35.5. The summed E-state index contributed by atoms with van der Waals surface area (Å²) in [6, 6.07) is 19.3. The highest BCUT2D eigenvalue weighted by Crippen LogP contribution is 2.36. The molecule has 0 aliphatic carbocycles. The Balaban J connectivity index is 1.54. The van der Waals surface area contributed by atoms with E-state index in [9.17, 15) is 4.79 Å². The van der Waals surface area contributed by atoms with Crippen LogP contribution in [-0.2, 0) is 17.8 Å².